The summed E-state index contributed by atoms with van der Waals surface area (Å²) in [4.78, 5) is 4.46. The van der Waals surface area contributed by atoms with Crippen LogP contribution in [0.1, 0.15) is 39.5 Å². The van der Waals surface area contributed by atoms with E-state index in [1.807, 2.05) is 25.1 Å². The number of sulfonamides is 1. The molecule has 2 atom stereocenters. The number of pyridine rings is 1. The van der Waals surface area contributed by atoms with Crippen molar-refractivity contribution in [2.45, 2.75) is 50.5 Å². The molecule has 152 valence electrons. The van der Waals surface area contributed by atoms with Crippen molar-refractivity contribution in [2.24, 2.45) is 5.41 Å². The second-order valence-corrected chi connectivity index (χ2v) is 9.52. The fraction of sp³-hybridized carbons (Fsp3) is 0.476. The maximum atomic E-state index is 13.0. The van der Waals surface area contributed by atoms with Gasteiger partial charge in [-0.05, 0) is 44.0 Å². The van der Waals surface area contributed by atoms with Gasteiger partial charge in [-0.3, -0.25) is 4.31 Å². The summed E-state index contributed by atoms with van der Waals surface area (Å²) in [5.74, 6) is 0.612. The van der Waals surface area contributed by atoms with Gasteiger partial charge >= 0.3 is 0 Å². The van der Waals surface area contributed by atoms with Crippen LogP contribution in [0.5, 0.6) is 0 Å². The minimum atomic E-state index is -3.67. The molecule has 1 fully saturated rings. The van der Waals surface area contributed by atoms with Crippen molar-refractivity contribution in [3.05, 3.63) is 48.7 Å². The van der Waals surface area contributed by atoms with Crippen LogP contribution >= 0.6 is 0 Å². The van der Waals surface area contributed by atoms with Crippen molar-refractivity contribution in [1.82, 2.24) is 4.98 Å². The molecule has 28 heavy (non-hydrogen) atoms. The Balaban J connectivity index is 1.72. The van der Waals surface area contributed by atoms with Crippen LogP contribution in [0.3, 0.4) is 0 Å². The van der Waals surface area contributed by atoms with Gasteiger partial charge in [0.2, 0.25) is 0 Å². The Hall–Kier alpha value is -2.12. The number of aliphatic hydroxyl groups is 1. The Labute approximate surface area is 167 Å². The molecule has 1 aromatic heterocycles. The number of rotatable bonds is 7. The molecule has 7 heteroatoms. The van der Waals surface area contributed by atoms with Crippen LogP contribution in [0.25, 0.3) is 0 Å². The second kappa shape index (κ2) is 8.49. The highest BCUT2D eigenvalue weighted by molar-refractivity contribution is 7.92. The zero-order chi connectivity index (χ0) is 20.2. The quantitative estimate of drug-likeness (QED) is 0.737. The average Bonchev–Trinajstić information content (AvgIpc) is 2.70. The molecule has 1 saturated carbocycles. The molecule has 3 rings (SSSR count). The van der Waals surface area contributed by atoms with E-state index in [0.29, 0.717) is 24.6 Å². The maximum absolute atomic E-state index is 13.0. The van der Waals surface area contributed by atoms with Crippen molar-refractivity contribution >= 4 is 21.5 Å². The summed E-state index contributed by atoms with van der Waals surface area (Å²) in [7, 11) is -3.67. The van der Waals surface area contributed by atoms with E-state index in [4.69, 9.17) is 0 Å². The van der Waals surface area contributed by atoms with E-state index in [1.165, 1.54) is 10.5 Å². The Morgan fingerprint density at radius 1 is 1.21 bits per heavy atom. The SMILES string of the molecule is CCN(c1ccccc1)S(=O)(=O)c1ccc(NCC2(C)CCCCC2O)nc1. The number of hydrogen-bond acceptors (Lipinski definition) is 5. The Morgan fingerprint density at radius 3 is 2.57 bits per heavy atom. The third-order valence-electron chi connectivity index (χ3n) is 5.61. The van der Waals surface area contributed by atoms with Crippen LogP contribution < -0.4 is 9.62 Å². The highest BCUT2D eigenvalue weighted by Crippen LogP contribution is 2.36. The molecule has 0 radical (unpaired) electrons. The van der Waals surface area contributed by atoms with Gasteiger partial charge in [0.25, 0.3) is 10.0 Å². The number of para-hydroxylation sites is 1. The first-order valence-corrected chi connectivity index (χ1v) is 11.3. The number of benzene rings is 1. The zero-order valence-corrected chi connectivity index (χ0v) is 17.3. The molecular formula is C21H29N3O3S. The monoisotopic (exact) mass is 403 g/mol. The largest absolute Gasteiger partial charge is 0.392 e. The minimum Gasteiger partial charge on any atom is -0.392 e. The fourth-order valence-corrected chi connectivity index (χ4v) is 5.15. The van der Waals surface area contributed by atoms with Gasteiger partial charge in [0.1, 0.15) is 10.7 Å². The normalized spacial score (nSPS) is 22.6. The van der Waals surface area contributed by atoms with Gasteiger partial charge in [-0.2, -0.15) is 0 Å². The lowest BCUT2D eigenvalue weighted by Crippen LogP contribution is -2.41. The predicted octanol–water partition coefficient (Wildman–Crippen LogP) is 3.65. The fourth-order valence-electron chi connectivity index (χ4n) is 3.73. The summed E-state index contributed by atoms with van der Waals surface area (Å²) in [5, 5.41) is 13.6. The van der Waals surface area contributed by atoms with Gasteiger partial charge in [0, 0.05) is 24.7 Å². The van der Waals surface area contributed by atoms with E-state index < -0.39 is 10.0 Å². The van der Waals surface area contributed by atoms with E-state index in [0.717, 1.165) is 25.7 Å². The lowest BCUT2D eigenvalue weighted by Gasteiger charge is -2.38. The Morgan fingerprint density at radius 2 is 1.96 bits per heavy atom. The lowest BCUT2D eigenvalue weighted by molar-refractivity contribution is 0.00958. The van der Waals surface area contributed by atoms with Crippen molar-refractivity contribution in [1.29, 1.82) is 0 Å². The van der Waals surface area contributed by atoms with Gasteiger partial charge in [0.05, 0.1) is 11.8 Å². The first kappa shape index (κ1) is 20.6. The molecule has 0 bridgehead atoms. The summed E-state index contributed by atoms with van der Waals surface area (Å²) < 4.78 is 27.4. The maximum Gasteiger partial charge on any atom is 0.265 e. The molecule has 0 aliphatic heterocycles. The second-order valence-electron chi connectivity index (χ2n) is 7.65. The van der Waals surface area contributed by atoms with Crippen LogP contribution in [0.2, 0.25) is 0 Å². The topological polar surface area (TPSA) is 82.5 Å². The molecule has 1 heterocycles. The van der Waals surface area contributed by atoms with E-state index in [2.05, 4.69) is 17.2 Å². The van der Waals surface area contributed by atoms with Crippen LogP contribution in [0, 0.1) is 5.41 Å². The number of aliphatic hydroxyl groups excluding tert-OH is 1. The van der Waals surface area contributed by atoms with Crippen molar-refractivity contribution in [2.75, 3.05) is 22.7 Å². The zero-order valence-electron chi connectivity index (χ0n) is 16.5. The summed E-state index contributed by atoms with van der Waals surface area (Å²) in [6.07, 6.45) is 5.05. The molecule has 0 saturated heterocycles. The first-order chi connectivity index (χ1) is 13.4. The van der Waals surface area contributed by atoms with Crippen LogP contribution in [-0.4, -0.2) is 37.7 Å². The molecule has 1 aliphatic carbocycles. The molecule has 1 aliphatic rings. The predicted molar refractivity (Wildman–Crippen MR) is 112 cm³/mol. The van der Waals surface area contributed by atoms with Gasteiger partial charge < -0.3 is 10.4 Å². The minimum absolute atomic E-state index is 0.160. The van der Waals surface area contributed by atoms with Gasteiger partial charge in [-0.25, -0.2) is 13.4 Å². The van der Waals surface area contributed by atoms with E-state index in [9.17, 15) is 13.5 Å². The van der Waals surface area contributed by atoms with Gasteiger partial charge in [-0.1, -0.05) is 38.0 Å². The standard InChI is InChI=1S/C21H29N3O3S/c1-3-24(17-9-5-4-6-10-17)28(26,27)18-12-13-20(22-15-18)23-16-21(2)14-8-7-11-19(21)25/h4-6,9-10,12-13,15,19,25H,3,7-8,11,14,16H2,1-2H3,(H,22,23). The Kier molecular flexibility index (Phi) is 6.25. The molecular weight excluding hydrogens is 374 g/mol. The van der Waals surface area contributed by atoms with Crippen molar-refractivity contribution < 1.29 is 13.5 Å². The molecule has 2 N–H and O–H groups in total. The summed E-state index contributed by atoms with van der Waals surface area (Å²) >= 11 is 0. The third kappa shape index (κ3) is 4.31. The van der Waals surface area contributed by atoms with Crippen LogP contribution in [-0.2, 0) is 10.0 Å². The highest BCUT2D eigenvalue weighted by atomic mass is 32.2. The van der Waals surface area contributed by atoms with E-state index in [1.54, 1.807) is 24.3 Å². The average molecular weight is 404 g/mol. The summed E-state index contributed by atoms with van der Waals surface area (Å²) in [6, 6.07) is 12.3. The number of nitrogens with one attached hydrogen (secondary N) is 1. The first-order valence-electron chi connectivity index (χ1n) is 9.82. The number of nitrogens with zero attached hydrogens (tertiary/aromatic N) is 2. The van der Waals surface area contributed by atoms with Gasteiger partial charge in [0.15, 0.2) is 0 Å². The summed E-state index contributed by atoms with van der Waals surface area (Å²) in [5.41, 5.74) is 0.447. The van der Waals surface area contributed by atoms with E-state index in [-0.39, 0.29) is 16.4 Å². The molecule has 0 amide bonds. The van der Waals surface area contributed by atoms with E-state index >= 15 is 0 Å². The van der Waals surface area contributed by atoms with Crippen LogP contribution in [0.4, 0.5) is 11.5 Å². The summed E-state index contributed by atoms with van der Waals surface area (Å²) in [6.45, 7) is 4.84. The molecule has 0 spiro atoms. The van der Waals surface area contributed by atoms with Crippen molar-refractivity contribution in [3.8, 4) is 0 Å². The van der Waals surface area contributed by atoms with Gasteiger partial charge in [-0.15, -0.1) is 0 Å². The van der Waals surface area contributed by atoms with Crippen molar-refractivity contribution in [3.63, 3.8) is 0 Å². The van der Waals surface area contributed by atoms with Crippen LogP contribution in [0.15, 0.2) is 53.6 Å². The third-order valence-corrected chi connectivity index (χ3v) is 7.50. The number of anilines is 2. The highest BCUT2D eigenvalue weighted by Gasteiger charge is 2.35. The number of aromatic nitrogens is 1. The number of hydrogen-bond donors (Lipinski definition) is 2. The molecule has 1 aromatic carbocycles. The smallest absolute Gasteiger partial charge is 0.265 e. The molecule has 2 aromatic rings. The lowest BCUT2D eigenvalue weighted by atomic mass is 9.73. The molecule has 6 nitrogen and oxygen atoms in total. The Bertz CT molecular complexity index is 872. The molecule has 2 unspecified atom stereocenters.